The first-order valence-corrected chi connectivity index (χ1v) is 10.1. The summed E-state index contributed by atoms with van der Waals surface area (Å²) >= 11 is 7.24. The number of halogens is 4. The molecule has 3 heterocycles. The van der Waals surface area contributed by atoms with Crippen LogP contribution >= 0.6 is 22.9 Å². The second-order valence-corrected chi connectivity index (χ2v) is 8.11. The fourth-order valence-electron chi connectivity index (χ4n) is 3.55. The lowest BCUT2D eigenvalue weighted by Crippen LogP contribution is -2.46. The Bertz CT molecular complexity index is 1120. The van der Waals surface area contributed by atoms with Gasteiger partial charge in [-0.05, 0) is 30.5 Å². The molecule has 1 amide bonds. The van der Waals surface area contributed by atoms with Crippen molar-refractivity contribution in [3.63, 3.8) is 0 Å². The molecule has 1 atom stereocenters. The van der Waals surface area contributed by atoms with Crippen LogP contribution in [0.1, 0.15) is 12.8 Å². The van der Waals surface area contributed by atoms with Gasteiger partial charge in [-0.15, -0.1) is 11.3 Å². The van der Waals surface area contributed by atoms with E-state index < -0.39 is 30.2 Å². The van der Waals surface area contributed by atoms with E-state index in [0.717, 1.165) is 15.0 Å². The van der Waals surface area contributed by atoms with Gasteiger partial charge in [-0.3, -0.25) is 14.2 Å². The highest BCUT2D eigenvalue weighted by Gasteiger charge is 2.47. The summed E-state index contributed by atoms with van der Waals surface area (Å²) in [5, 5.41) is 2.62. The summed E-state index contributed by atoms with van der Waals surface area (Å²) in [4.78, 5) is 31.2. The number of aromatic nitrogens is 2. The van der Waals surface area contributed by atoms with Crippen molar-refractivity contribution in [2.24, 2.45) is 0 Å². The van der Waals surface area contributed by atoms with E-state index in [2.05, 4.69) is 4.98 Å². The first-order chi connectivity index (χ1) is 13.8. The van der Waals surface area contributed by atoms with Gasteiger partial charge in [0.05, 0.1) is 17.2 Å². The number of benzene rings is 1. The second-order valence-electron chi connectivity index (χ2n) is 6.80. The monoisotopic (exact) mass is 441 g/mol. The number of fused-ring (bicyclic) bond motifs is 1. The van der Waals surface area contributed by atoms with E-state index in [0.29, 0.717) is 20.8 Å². The van der Waals surface area contributed by atoms with Crippen LogP contribution in [0.3, 0.4) is 0 Å². The smallest absolute Gasteiger partial charge is 0.329 e. The van der Waals surface area contributed by atoms with Crippen LogP contribution in [0.15, 0.2) is 40.8 Å². The molecule has 1 saturated heterocycles. The zero-order chi connectivity index (χ0) is 20.8. The van der Waals surface area contributed by atoms with E-state index in [1.165, 1.54) is 17.7 Å². The molecule has 5 nitrogen and oxygen atoms in total. The maximum absolute atomic E-state index is 13.1. The number of alkyl halides is 3. The molecule has 0 N–H and O–H groups in total. The van der Waals surface area contributed by atoms with Gasteiger partial charge >= 0.3 is 6.18 Å². The molecule has 152 valence electrons. The number of nitrogens with zero attached hydrogens (tertiary/aromatic N) is 3. The molecule has 0 radical (unpaired) electrons. The Labute approximate surface area is 172 Å². The van der Waals surface area contributed by atoms with Crippen molar-refractivity contribution in [1.82, 2.24) is 14.5 Å². The molecular formula is C19H15ClF3N3O2S. The van der Waals surface area contributed by atoms with Gasteiger partial charge in [0.25, 0.3) is 5.56 Å². The largest absolute Gasteiger partial charge is 0.408 e. The summed E-state index contributed by atoms with van der Waals surface area (Å²) in [6.45, 7) is -0.452. The van der Waals surface area contributed by atoms with Crippen LogP contribution in [0, 0.1) is 0 Å². The van der Waals surface area contributed by atoms with Crippen molar-refractivity contribution in [3.8, 4) is 10.4 Å². The molecule has 0 aliphatic carbocycles. The first kappa shape index (κ1) is 19.9. The Hall–Kier alpha value is -2.39. The quantitative estimate of drug-likeness (QED) is 0.608. The van der Waals surface area contributed by atoms with Crippen LogP contribution in [-0.4, -0.2) is 39.1 Å². The van der Waals surface area contributed by atoms with Crippen molar-refractivity contribution in [3.05, 3.63) is 51.3 Å². The topological polar surface area (TPSA) is 55.2 Å². The number of thiophene rings is 1. The van der Waals surface area contributed by atoms with Gasteiger partial charge in [0.2, 0.25) is 5.91 Å². The van der Waals surface area contributed by atoms with Crippen LogP contribution in [0.2, 0.25) is 5.02 Å². The molecule has 2 aromatic heterocycles. The standard InChI is InChI=1S/C19H15ClF3N3O2S/c20-12-5-3-11(4-6-12)17-16-13(9-29-17)24-10-25(18(16)28)8-15(27)26-7-1-2-14(26)19(21,22)23/h3-6,9-10,14H,1-2,7-8H2. The highest BCUT2D eigenvalue weighted by molar-refractivity contribution is 7.15. The maximum Gasteiger partial charge on any atom is 0.408 e. The molecule has 1 unspecified atom stereocenters. The predicted molar refractivity (Wildman–Crippen MR) is 105 cm³/mol. The summed E-state index contributed by atoms with van der Waals surface area (Å²) in [5.41, 5.74) is 0.786. The van der Waals surface area contributed by atoms with Gasteiger partial charge in [0.1, 0.15) is 12.6 Å². The molecule has 0 bridgehead atoms. The van der Waals surface area contributed by atoms with Crippen molar-refractivity contribution in [2.45, 2.75) is 31.6 Å². The molecule has 1 aliphatic rings. The van der Waals surface area contributed by atoms with E-state index in [1.807, 2.05) is 0 Å². The number of rotatable bonds is 3. The van der Waals surface area contributed by atoms with Gasteiger partial charge in [-0.25, -0.2) is 4.98 Å². The SMILES string of the molecule is O=C(Cn1cnc2csc(-c3ccc(Cl)cc3)c2c1=O)N1CCCC1C(F)(F)F. The number of likely N-dealkylation sites (tertiary alicyclic amines) is 1. The minimum atomic E-state index is -4.48. The lowest BCUT2D eigenvalue weighted by atomic mass is 10.1. The molecular weight excluding hydrogens is 427 g/mol. The molecule has 1 aromatic carbocycles. The Morgan fingerprint density at radius 3 is 2.69 bits per heavy atom. The molecule has 3 aromatic rings. The zero-order valence-electron chi connectivity index (χ0n) is 14.9. The van der Waals surface area contributed by atoms with Gasteiger partial charge in [-0.1, -0.05) is 23.7 Å². The minimum absolute atomic E-state index is 0.0297. The molecule has 0 saturated carbocycles. The predicted octanol–water partition coefficient (Wildman–Crippen LogP) is 4.33. The Morgan fingerprint density at radius 1 is 1.28 bits per heavy atom. The summed E-state index contributed by atoms with van der Waals surface area (Å²) < 4.78 is 40.5. The molecule has 4 rings (SSSR count). The van der Waals surface area contributed by atoms with Crippen molar-refractivity contribution in [2.75, 3.05) is 6.54 Å². The summed E-state index contributed by atoms with van der Waals surface area (Å²) in [6.07, 6.45) is -3.10. The zero-order valence-corrected chi connectivity index (χ0v) is 16.5. The number of carbonyl (C=O) groups excluding carboxylic acids is 1. The fourth-order valence-corrected chi connectivity index (χ4v) is 4.66. The highest BCUT2D eigenvalue weighted by Crippen LogP contribution is 2.34. The van der Waals surface area contributed by atoms with E-state index in [4.69, 9.17) is 11.6 Å². The van der Waals surface area contributed by atoms with Crippen LogP contribution in [0.25, 0.3) is 21.3 Å². The third-order valence-electron chi connectivity index (χ3n) is 4.95. The lowest BCUT2D eigenvalue weighted by molar-refractivity contribution is -0.183. The highest BCUT2D eigenvalue weighted by atomic mass is 35.5. The fraction of sp³-hybridized carbons (Fsp3) is 0.316. The lowest BCUT2D eigenvalue weighted by Gasteiger charge is -2.26. The number of hydrogen-bond acceptors (Lipinski definition) is 4. The summed E-state index contributed by atoms with van der Waals surface area (Å²) in [5.74, 6) is -0.739. The second kappa shape index (κ2) is 7.46. The molecule has 1 fully saturated rings. The molecule has 0 spiro atoms. The first-order valence-electron chi connectivity index (χ1n) is 8.84. The van der Waals surface area contributed by atoms with Crippen LogP contribution < -0.4 is 5.56 Å². The van der Waals surface area contributed by atoms with Crippen LogP contribution in [-0.2, 0) is 11.3 Å². The Balaban J connectivity index is 1.68. The maximum atomic E-state index is 13.1. The minimum Gasteiger partial charge on any atom is -0.329 e. The normalized spacial score (nSPS) is 17.2. The molecule has 1 aliphatic heterocycles. The van der Waals surface area contributed by atoms with Gasteiger partial charge in [0, 0.05) is 21.8 Å². The van der Waals surface area contributed by atoms with Crippen molar-refractivity contribution < 1.29 is 18.0 Å². The third-order valence-corrected chi connectivity index (χ3v) is 6.21. The van der Waals surface area contributed by atoms with E-state index >= 15 is 0 Å². The van der Waals surface area contributed by atoms with E-state index in [1.54, 1.807) is 29.6 Å². The average molecular weight is 442 g/mol. The van der Waals surface area contributed by atoms with Gasteiger partial charge in [0.15, 0.2) is 0 Å². The van der Waals surface area contributed by atoms with Gasteiger partial charge < -0.3 is 4.90 Å². The number of amides is 1. The Morgan fingerprint density at radius 2 is 2.00 bits per heavy atom. The summed E-state index contributed by atoms with van der Waals surface area (Å²) in [6, 6.07) is 5.14. The van der Waals surface area contributed by atoms with Crippen molar-refractivity contribution >= 4 is 39.7 Å². The van der Waals surface area contributed by atoms with E-state index in [-0.39, 0.29) is 19.4 Å². The molecule has 29 heavy (non-hydrogen) atoms. The number of hydrogen-bond donors (Lipinski definition) is 0. The van der Waals surface area contributed by atoms with Crippen molar-refractivity contribution in [1.29, 1.82) is 0 Å². The van der Waals surface area contributed by atoms with Gasteiger partial charge in [-0.2, -0.15) is 13.2 Å². The van der Waals surface area contributed by atoms with Crippen LogP contribution in [0.5, 0.6) is 0 Å². The summed E-state index contributed by atoms with van der Waals surface area (Å²) in [7, 11) is 0. The third kappa shape index (κ3) is 3.76. The number of carbonyl (C=O) groups is 1. The average Bonchev–Trinajstić information content (AvgIpc) is 3.32. The molecule has 10 heteroatoms. The Kier molecular flexibility index (Phi) is 5.12. The van der Waals surface area contributed by atoms with Crippen LogP contribution in [0.4, 0.5) is 13.2 Å². The van der Waals surface area contributed by atoms with E-state index in [9.17, 15) is 22.8 Å².